The normalized spacial score (nSPS) is 8.57. The van der Waals surface area contributed by atoms with Gasteiger partial charge in [-0.1, -0.05) is 24.0 Å². The van der Waals surface area contributed by atoms with E-state index in [9.17, 15) is 0 Å². The highest BCUT2D eigenvalue weighted by molar-refractivity contribution is 6.18. The first kappa shape index (κ1) is 34.4. The van der Waals surface area contributed by atoms with Crippen molar-refractivity contribution < 1.29 is 18.9 Å². The van der Waals surface area contributed by atoms with Crippen molar-refractivity contribution in [2.45, 2.75) is 25.6 Å². The van der Waals surface area contributed by atoms with Gasteiger partial charge in [-0.25, -0.2) is 0 Å². The fourth-order valence-corrected chi connectivity index (χ4v) is 4.38. The van der Waals surface area contributed by atoms with Crippen molar-refractivity contribution in [2.24, 2.45) is 0 Å². The van der Waals surface area contributed by atoms with Crippen LogP contribution in [0.3, 0.4) is 0 Å². The number of alkyl halides is 2. The van der Waals surface area contributed by atoms with Gasteiger partial charge in [0, 0.05) is 23.6 Å². The molecule has 4 nitrogen and oxygen atoms in total. The average molecular weight is 640 g/mol. The molecule has 0 amide bonds. The smallest absolute Gasteiger partial charge is 0.184 e. The predicted octanol–water partition coefficient (Wildman–Crippen LogP) is 7.26. The summed E-state index contributed by atoms with van der Waals surface area (Å²) in [4.78, 5) is 0. The fourth-order valence-electron chi connectivity index (χ4n) is 3.93. The van der Waals surface area contributed by atoms with Gasteiger partial charge in [-0.05, 0) is 131 Å². The van der Waals surface area contributed by atoms with Gasteiger partial charge in [-0.2, -0.15) is 0 Å². The molecule has 3 aromatic carbocycles. The van der Waals surface area contributed by atoms with E-state index in [0.29, 0.717) is 23.0 Å². The van der Waals surface area contributed by atoms with Crippen LogP contribution < -0.4 is 18.9 Å². The summed E-state index contributed by atoms with van der Waals surface area (Å²) in [6.45, 7) is 3.51. The Hall–Kier alpha value is -6.08. The summed E-state index contributed by atoms with van der Waals surface area (Å²) in [7, 11) is 0. The number of hydrogen-bond acceptors (Lipinski definition) is 4. The summed E-state index contributed by atoms with van der Waals surface area (Å²) in [5, 5.41) is 0. The van der Waals surface area contributed by atoms with Crippen LogP contribution >= 0.6 is 23.2 Å². The molecule has 0 bridgehead atoms. The van der Waals surface area contributed by atoms with Gasteiger partial charge >= 0.3 is 0 Å². The minimum atomic E-state index is 0.0609. The highest BCUT2D eigenvalue weighted by Crippen LogP contribution is 2.40. The van der Waals surface area contributed by atoms with Gasteiger partial charge in [0.1, 0.15) is 25.4 Å². The van der Waals surface area contributed by atoms with E-state index < -0.39 is 0 Å². The van der Waals surface area contributed by atoms with Gasteiger partial charge in [0.2, 0.25) is 0 Å². The molecule has 0 saturated heterocycles. The van der Waals surface area contributed by atoms with E-state index in [-0.39, 0.29) is 25.0 Å². The molecule has 0 aliphatic heterocycles. The molecular formula is C40H24Cl2O4. The first-order chi connectivity index (χ1) is 22.6. The van der Waals surface area contributed by atoms with Crippen molar-refractivity contribution in [2.75, 3.05) is 13.2 Å². The molecule has 0 aliphatic rings. The zero-order valence-electron chi connectivity index (χ0n) is 25.0. The molecule has 6 heteroatoms. The van der Waals surface area contributed by atoms with Gasteiger partial charge in [-0.15, -0.1) is 36.0 Å². The van der Waals surface area contributed by atoms with Crippen molar-refractivity contribution in [3.8, 4) is 141 Å². The Morgan fingerprint density at radius 1 is 0.565 bits per heavy atom. The predicted molar refractivity (Wildman–Crippen MR) is 184 cm³/mol. The van der Waals surface area contributed by atoms with Crippen LogP contribution in [-0.2, 0) is 11.8 Å². The van der Waals surface area contributed by atoms with E-state index in [1.807, 2.05) is 30.3 Å². The molecule has 0 unspecified atom stereocenters. The van der Waals surface area contributed by atoms with E-state index in [2.05, 4.69) is 83.3 Å². The summed E-state index contributed by atoms with van der Waals surface area (Å²) in [6.07, 6.45) is 15.5. The summed E-state index contributed by atoms with van der Waals surface area (Å²) < 4.78 is 22.9. The van der Waals surface area contributed by atoms with Crippen LogP contribution in [0.4, 0.5) is 0 Å². The van der Waals surface area contributed by atoms with Crippen molar-refractivity contribution in [1.29, 1.82) is 0 Å². The number of ether oxygens (including phenoxy) is 4. The molecule has 0 radical (unpaired) electrons. The lowest BCUT2D eigenvalue weighted by Crippen LogP contribution is -2.01. The quantitative estimate of drug-likeness (QED) is 0.173. The Morgan fingerprint density at radius 3 is 1.54 bits per heavy atom. The molecule has 0 atom stereocenters. The number of terminal acetylenes is 2. The van der Waals surface area contributed by atoms with Crippen molar-refractivity contribution >= 4 is 23.2 Å². The lowest BCUT2D eigenvalue weighted by atomic mass is 9.91. The zero-order chi connectivity index (χ0) is 33.0. The Labute approximate surface area is 281 Å². The lowest BCUT2D eigenvalue weighted by Gasteiger charge is -2.17. The van der Waals surface area contributed by atoms with Gasteiger partial charge in [0.05, 0.1) is 0 Å². The third-order valence-corrected chi connectivity index (χ3v) is 6.42. The minimum absolute atomic E-state index is 0.0609. The van der Waals surface area contributed by atoms with E-state index in [4.69, 9.17) is 55.0 Å². The number of rotatable bonds is 10. The van der Waals surface area contributed by atoms with Crippen LogP contribution in [0.2, 0.25) is 0 Å². The second-order valence-electron chi connectivity index (χ2n) is 8.63. The maximum Gasteiger partial charge on any atom is 0.184 e. The Bertz CT molecular complexity index is 2060. The second-order valence-corrected chi connectivity index (χ2v) is 9.17. The van der Waals surface area contributed by atoms with E-state index >= 15 is 0 Å². The summed E-state index contributed by atoms with van der Waals surface area (Å²) in [5.74, 6) is 33.0. The standard InChI is InChI=1S/C40H24Cl2O4/c1-5-9-13-21-43-37-19-17-31(27-39(37)45-23-15-11-7-3)35-25-34(30-42)36(26-33(35)29-41)32-18-20-38(44-22-14-10-6-2)40(28-32)46-24-16-12-8-4/h1,3,17-20,25-28H,21,23,29-30H2,2,4H3. The van der Waals surface area contributed by atoms with Gasteiger partial charge in [-0.3, -0.25) is 0 Å². The topological polar surface area (TPSA) is 36.9 Å². The average Bonchev–Trinajstić information content (AvgIpc) is 3.09. The van der Waals surface area contributed by atoms with Crippen LogP contribution in [0.25, 0.3) is 22.3 Å². The summed E-state index contributed by atoms with van der Waals surface area (Å²) >= 11 is 13.0. The molecule has 3 aromatic rings. The molecule has 0 fully saturated rings. The van der Waals surface area contributed by atoms with Crippen LogP contribution in [0.15, 0.2) is 48.5 Å². The monoisotopic (exact) mass is 638 g/mol. The molecule has 0 spiro atoms. The zero-order valence-corrected chi connectivity index (χ0v) is 26.5. The SMILES string of the molecule is C#CC#CCOc1ccc(-c2cc(CCl)c(-c3ccc(OC#CC#CC)c(OC#CC#CC)c3)cc2CCl)cc1OCC#CC#C. The summed E-state index contributed by atoms with van der Waals surface area (Å²) in [6, 6.07) is 14.9. The molecule has 0 aromatic heterocycles. The molecule has 3 rings (SSSR count). The van der Waals surface area contributed by atoms with Gasteiger partial charge in [0.15, 0.2) is 23.0 Å². The molecule has 0 heterocycles. The highest BCUT2D eigenvalue weighted by Gasteiger charge is 2.17. The van der Waals surface area contributed by atoms with Crippen LogP contribution in [0, 0.1) is 96.1 Å². The highest BCUT2D eigenvalue weighted by atomic mass is 35.5. The molecule has 0 aliphatic carbocycles. The number of benzene rings is 3. The first-order valence-corrected chi connectivity index (χ1v) is 14.5. The number of hydrogen-bond donors (Lipinski definition) is 0. The molecule has 46 heavy (non-hydrogen) atoms. The second kappa shape index (κ2) is 19.2. The van der Waals surface area contributed by atoms with E-state index in [0.717, 1.165) is 33.4 Å². The fraction of sp³-hybridized carbons (Fsp3) is 0.150. The Kier molecular flexibility index (Phi) is 14.4. The third-order valence-electron chi connectivity index (χ3n) is 5.85. The van der Waals surface area contributed by atoms with Gasteiger partial charge < -0.3 is 18.9 Å². The molecule has 0 saturated carbocycles. The van der Waals surface area contributed by atoms with Crippen molar-refractivity contribution in [3.05, 3.63) is 59.7 Å². The lowest BCUT2D eigenvalue weighted by molar-refractivity contribution is 0.314. The summed E-state index contributed by atoms with van der Waals surface area (Å²) in [5.41, 5.74) is 5.03. The van der Waals surface area contributed by atoms with Crippen LogP contribution in [-0.4, -0.2) is 13.2 Å². The Balaban J connectivity index is 2.10. The largest absolute Gasteiger partial charge is 0.477 e. The van der Waals surface area contributed by atoms with Crippen LogP contribution in [0.5, 0.6) is 23.0 Å². The maximum atomic E-state index is 6.50. The van der Waals surface area contributed by atoms with E-state index in [1.165, 1.54) is 0 Å². The molecule has 0 N–H and O–H groups in total. The minimum Gasteiger partial charge on any atom is -0.477 e. The third kappa shape index (κ3) is 9.99. The van der Waals surface area contributed by atoms with Crippen molar-refractivity contribution in [3.63, 3.8) is 0 Å². The molecular weight excluding hydrogens is 615 g/mol. The maximum absolute atomic E-state index is 6.50. The van der Waals surface area contributed by atoms with Crippen molar-refractivity contribution in [1.82, 2.24) is 0 Å². The van der Waals surface area contributed by atoms with E-state index in [1.54, 1.807) is 32.0 Å². The first-order valence-electron chi connectivity index (χ1n) is 13.5. The molecule has 222 valence electrons. The van der Waals surface area contributed by atoms with Gasteiger partial charge in [0.25, 0.3) is 0 Å². The van der Waals surface area contributed by atoms with Crippen LogP contribution in [0.1, 0.15) is 25.0 Å². The Morgan fingerprint density at radius 2 is 1.04 bits per heavy atom. The number of halogens is 2.